The summed E-state index contributed by atoms with van der Waals surface area (Å²) in [5, 5.41) is 13.3. The van der Waals surface area contributed by atoms with Crippen LogP contribution in [-0.4, -0.2) is 12.5 Å². The van der Waals surface area contributed by atoms with E-state index in [-0.39, 0.29) is 5.91 Å². The van der Waals surface area contributed by atoms with Gasteiger partial charge in [-0.2, -0.15) is 5.26 Å². The van der Waals surface area contributed by atoms with Gasteiger partial charge in [-0.25, -0.2) is 0 Å². The highest BCUT2D eigenvalue weighted by molar-refractivity contribution is 6.30. The first-order chi connectivity index (χ1) is 14.1. The number of amides is 1. The summed E-state index contributed by atoms with van der Waals surface area (Å²) in [6.45, 7) is 2.72. The molecule has 1 aliphatic carbocycles. The molecule has 0 aliphatic heterocycles. The van der Waals surface area contributed by atoms with E-state index >= 15 is 0 Å². The van der Waals surface area contributed by atoms with Crippen LogP contribution in [0.4, 0.5) is 5.69 Å². The van der Waals surface area contributed by atoms with E-state index in [1.165, 1.54) is 0 Å². The quantitative estimate of drug-likeness (QED) is 0.550. The molecule has 2 aromatic carbocycles. The second kappa shape index (κ2) is 9.80. The largest absolute Gasteiger partial charge is 0.494 e. The van der Waals surface area contributed by atoms with E-state index in [0.717, 1.165) is 50.5 Å². The van der Waals surface area contributed by atoms with Gasteiger partial charge in [-0.3, -0.25) is 4.79 Å². The highest BCUT2D eigenvalue weighted by atomic mass is 35.5. The molecule has 0 unspecified atom stereocenters. The molecule has 0 heterocycles. The van der Waals surface area contributed by atoms with Gasteiger partial charge in [0, 0.05) is 5.02 Å². The molecule has 4 nitrogen and oxygen atoms in total. The first-order valence-electron chi connectivity index (χ1n) is 10.3. The van der Waals surface area contributed by atoms with Crippen molar-refractivity contribution in [1.29, 1.82) is 5.26 Å². The molecule has 0 aromatic heterocycles. The number of nitrogens with zero attached hydrogens (tertiary/aromatic N) is 1. The topological polar surface area (TPSA) is 62.1 Å². The Bertz CT molecular complexity index is 881. The van der Waals surface area contributed by atoms with Crippen molar-refractivity contribution in [2.75, 3.05) is 11.9 Å². The van der Waals surface area contributed by atoms with Crippen molar-refractivity contribution in [3.05, 3.63) is 58.6 Å². The maximum atomic E-state index is 13.5. The average molecular weight is 411 g/mol. The lowest BCUT2D eigenvalue weighted by Crippen LogP contribution is -2.42. The number of unbranched alkanes of at least 4 members (excludes halogenated alkanes) is 1. The molecule has 0 bridgehead atoms. The Hall–Kier alpha value is -2.51. The monoisotopic (exact) mass is 410 g/mol. The number of nitriles is 1. The van der Waals surface area contributed by atoms with Gasteiger partial charge in [0.25, 0.3) is 0 Å². The lowest BCUT2D eigenvalue weighted by Gasteiger charge is -2.36. The van der Waals surface area contributed by atoms with Crippen molar-refractivity contribution in [2.24, 2.45) is 0 Å². The minimum Gasteiger partial charge on any atom is -0.494 e. The fraction of sp³-hybridized carbons (Fsp3) is 0.417. The lowest BCUT2D eigenvalue weighted by molar-refractivity contribution is -0.122. The normalized spacial score (nSPS) is 15.3. The molecule has 0 radical (unpaired) electrons. The molecule has 0 saturated heterocycles. The van der Waals surface area contributed by atoms with Crippen molar-refractivity contribution in [2.45, 2.75) is 57.3 Å². The highest BCUT2D eigenvalue weighted by Crippen LogP contribution is 2.41. The smallest absolute Gasteiger partial charge is 0.235 e. The van der Waals surface area contributed by atoms with Gasteiger partial charge < -0.3 is 10.1 Å². The van der Waals surface area contributed by atoms with Crippen LogP contribution in [0.1, 0.15) is 63.0 Å². The number of carbonyl (C=O) groups excluding carboxylic acids is 1. The maximum Gasteiger partial charge on any atom is 0.235 e. The second-order valence-electron chi connectivity index (χ2n) is 7.62. The summed E-state index contributed by atoms with van der Waals surface area (Å²) < 4.78 is 5.69. The van der Waals surface area contributed by atoms with Gasteiger partial charge in [-0.05, 0) is 55.2 Å². The molecule has 3 rings (SSSR count). The maximum absolute atomic E-state index is 13.5. The van der Waals surface area contributed by atoms with E-state index in [1.54, 1.807) is 12.1 Å². The molecule has 1 aliphatic rings. The molecule has 1 N–H and O–H groups in total. The molecule has 1 amide bonds. The van der Waals surface area contributed by atoms with Crippen molar-refractivity contribution < 1.29 is 9.53 Å². The summed E-state index contributed by atoms with van der Waals surface area (Å²) in [7, 11) is 0. The Labute approximate surface area is 177 Å². The van der Waals surface area contributed by atoms with E-state index in [0.29, 0.717) is 28.6 Å². The third-order valence-electron chi connectivity index (χ3n) is 5.66. The third-order valence-corrected chi connectivity index (χ3v) is 5.92. The van der Waals surface area contributed by atoms with Crippen molar-refractivity contribution in [1.82, 2.24) is 0 Å². The van der Waals surface area contributed by atoms with Crippen LogP contribution in [-0.2, 0) is 10.2 Å². The third kappa shape index (κ3) is 4.92. The number of benzene rings is 2. The van der Waals surface area contributed by atoms with E-state index in [1.807, 2.05) is 30.3 Å². The molecular weight excluding hydrogens is 384 g/mol. The number of carbonyl (C=O) groups is 1. The van der Waals surface area contributed by atoms with Crippen LogP contribution < -0.4 is 10.1 Å². The van der Waals surface area contributed by atoms with E-state index in [9.17, 15) is 10.1 Å². The number of halogens is 1. The second-order valence-corrected chi connectivity index (χ2v) is 8.06. The summed E-state index contributed by atoms with van der Waals surface area (Å²) >= 11 is 6.06. The fourth-order valence-electron chi connectivity index (χ4n) is 3.96. The van der Waals surface area contributed by atoms with Crippen molar-refractivity contribution in [3.8, 4) is 11.8 Å². The summed E-state index contributed by atoms with van der Waals surface area (Å²) in [4.78, 5) is 13.5. The number of hydrogen-bond donors (Lipinski definition) is 1. The van der Waals surface area contributed by atoms with Crippen LogP contribution >= 0.6 is 11.6 Å². The molecule has 152 valence electrons. The van der Waals surface area contributed by atoms with E-state index < -0.39 is 5.41 Å². The predicted molar refractivity (Wildman–Crippen MR) is 116 cm³/mol. The molecule has 1 saturated carbocycles. The lowest BCUT2D eigenvalue weighted by atomic mass is 9.68. The zero-order valence-electron chi connectivity index (χ0n) is 16.8. The van der Waals surface area contributed by atoms with Crippen molar-refractivity contribution in [3.63, 3.8) is 0 Å². The first kappa shape index (κ1) is 21.2. The van der Waals surface area contributed by atoms with Gasteiger partial charge in [-0.1, -0.05) is 56.3 Å². The number of hydrogen-bond acceptors (Lipinski definition) is 3. The van der Waals surface area contributed by atoms with Crippen LogP contribution in [0.5, 0.6) is 5.75 Å². The predicted octanol–water partition coefficient (Wildman–Crippen LogP) is 6.23. The minimum atomic E-state index is -0.591. The number of anilines is 1. The van der Waals surface area contributed by atoms with Crippen LogP contribution in [0, 0.1) is 11.3 Å². The number of nitrogens with one attached hydrogen (secondary N) is 1. The van der Waals surface area contributed by atoms with Gasteiger partial charge in [0.05, 0.1) is 23.3 Å². The number of ether oxygens (including phenoxy) is 1. The first-order valence-corrected chi connectivity index (χ1v) is 10.7. The Morgan fingerprint density at radius 3 is 2.55 bits per heavy atom. The average Bonchev–Trinajstić information content (AvgIpc) is 2.75. The Morgan fingerprint density at radius 1 is 1.17 bits per heavy atom. The van der Waals surface area contributed by atoms with Crippen LogP contribution in [0.3, 0.4) is 0 Å². The zero-order valence-corrected chi connectivity index (χ0v) is 17.6. The van der Waals surface area contributed by atoms with E-state index in [4.69, 9.17) is 16.3 Å². The highest BCUT2D eigenvalue weighted by Gasteiger charge is 2.41. The minimum absolute atomic E-state index is 0.0596. The standard InChI is InChI=1S/C24H27ClN2O2/c1-2-3-15-29-21-11-12-22(18(16-21)17-26)27-23(28)24(13-5-4-6-14-24)19-7-9-20(25)10-8-19/h7-12,16H,2-6,13-15H2,1H3,(H,27,28). The fourth-order valence-corrected chi connectivity index (χ4v) is 4.09. The van der Waals surface area contributed by atoms with Gasteiger partial charge in [0.2, 0.25) is 5.91 Å². The molecule has 2 aromatic rings. The van der Waals surface area contributed by atoms with Gasteiger partial charge >= 0.3 is 0 Å². The van der Waals surface area contributed by atoms with Gasteiger partial charge in [0.15, 0.2) is 0 Å². The van der Waals surface area contributed by atoms with Crippen molar-refractivity contribution >= 4 is 23.2 Å². The molecule has 29 heavy (non-hydrogen) atoms. The van der Waals surface area contributed by atoms with Gasteiger partial charge in [0.1, 0.15) is 11.8 Å². The Balaban J connectivity index is 1.84. The van der Waals surface area contributed by atoms with E-state index in [2.05, 4.69) is 18.3 Å². The molecule has 0 atom stereocenters. The SMILES string of the molecule is CCCCOc1ccc(NC(=O)C2(c3ccc(Cl)cc3)CCCCC2)c(C#N)c1. The van der Waals surface area contributed by atoms with Crippen LogP contribution in [0.2, 0.25) is 5.02 Å². The zero-order chi connectivity index (χ0) is 20.7. The van der Waals surface area contributed by atoms with Crippen LogP contribution in [0.25, 0.3) is 0 Å². The summed E-state index contributed by atoms with van der Waals surface area (Å²) in [5.74, 6) is 0.591. The molecule has 0 spiro atoms. The Kier molecular flexibility index (Phi) is 7.17. The summed E-state index contributed by atoms with van der Waals surface area (Å²) in [5.41, 5.74) is 1.33. The summed E-state index contributed by atoms with van der Waals surface area (Å²) in [6.07, 6.45) is 6.74. The molecule has 1 fully saturated rings. The Morgan fingerprint density at radius 2 is 1.90 bits per heavy atom. The summed E-state index contributed by atoms with van der Waals surface area (Å²) in [6, 6.07) is 15.0. The molecule has 5 heteroatoms. The molecular formula is C24H27ClN2O2. The van der Waals surface area contributed by atoms with Gasteiger partial charge in [-0.15, -0.1) is 0 Å². The van der Waals surface area contributed by atoms with Crippen LogP contribution in [0.15, 0.2) is 42.5 Å². The number of rotatable bonds is 7.